The number of carbonyl (C=O) groups is 1. The molecule has 2 aromatic rings. The van der Waals surface area contributed by atoms with Gasteiger partial charge in [0.15, 0.2) is 11.6 Å². The average Bonchev–Trinajstić information content (AvgIpc) is 2.47. The summed E-state index contributed by atoms with van der Waals surface area (Å²) < 4.78 is 19.6. The van der Waals surface area contributed by atoms with Gasteiger partial charge in [-0.2, -0.15) is 9.37 Å². The van der Waals surface area contributed by atoms with Crippen LogP contribution in [0, 0.1) is 5.95 Å². The number of hydrogen-bond donors (Lipinski definition) is 3. The Hall–Kier alpha value is -1.77. The van der Waals surface area contributed by atoms with Gasteiger partial charge < -0.3 is 20.3 Å². The smallest absolute Gasteiger partial charge is 0.322 e. The van der Waals surface area contributed by atoms with Crippen molar-refractivity contribution in [2.75, 3.05) is 11.9 Å². The lowest BCUT2D eigenvalue weighted by Gasteiger charge is -2.14. The van der Waals surface area contributed by atoms with E-state index in [1.165, 1.54) is 18.2 Å². The van der Waals surface area contributed by atoms with Crippen LogP contribution < -0.4 is 10.1 Å². The molecule has 0 saturated heterocycles. The first kappa shape index (κ1) is 17.6. The van der Waals surface area contributed by atoms with Crippen molar-refractivity contribution >= 4 is 50.9 Å². The minimum atomic E-state index is -1.18. The maximum absolute atomic E-state index is 13.8. The molecule has 0 fully saturated rings. The Balaban J connectivity index is 2.42. The van der Waals surface area contributed by atoms with Crippen molar-refractivity contribution in [2.45, 2.75) is 0 Å². The summed E-state index contributed by atoms with van der Waals surface area (Å²) in [5, 5.41) is 19.7. The number of ether oxygens (including phenoxy) is 1. The summed E-state index contributed by atoms with van der Waals surface area (Å²) in [6.45, 7) is -0.518. The van der Waals surface area contributed by atoms with E-state index in [1.807, 2.05) is 0 Å². The first-order valence-electron chi connectivity index (χ1n) is 5.96. The molecular weight excluding hydrogens is 418 g/mol. The normalized spacial score (nSPS) is 10.4. The van der Waals surface area contributed by atoms with Gasteiger partial charge >= 0.3 is 5.97 Å². The maximum Gasteiger partial charge on any atom is 0.322 e. The number of aliphatic carboxylic acids is 1. The minimum Gasteiger partial charge on any atom is -0.508 e. The summed E-state index contributed by atoms with van der Waals surface area (Å²) in [5.74, 6) is -2.51. The van der Waals surface area contributed by atoms with Crippen LogP contribution >= 0.6 is 39.1 Å². The molecule has 0 bridgehead atoms. The van der Waals surface area contributed by atoms with Crippen LogP contribution in [-0.4, -0.2) is 27.7 Å². The van der Waals surface area contributed by atoms with Crippen molar-refractivity contribution in [3.63, 3.8) is 0 Å². The molecule has 0 atom stereocenters. The molecule has 0 aliphatic heterocycles. The molecule has 0 spiro atoms. The summed E-state index contributed by atoms with van der Waals surface area (Å²) >= 11 is 15.0. The lowest BCUT2D eigenvalue weighted by atomic mass is 10.3. The third kappa shape index (κ3) is 4.15. The summed E-state index contributed by atoms with van der Waals surface area (Å²) in [4.78, 5) is 14.0. The molecule has 2 rings (SSSR count). The Morgan fingerprint density at radius 3 is 2.70 bits per heavy atom. The molecule has 0 saturated carbocycles. The van der Waals surface area contributed by atoms with Crippen LogP contribution in [0.5, 0.6) is 17.2 Å². The van der Waals surface area contributed by atoms with Gasteiger partial charge in [-0.1, -0.05) is 23.2 Å². The van der Waals surface area contributed by atoms with E-state index in [9.17, 15) is 14.3 Å². The van der Waals surface area contributed by atoms with E-state index in [0.717, 1.165) is 0 Å². The molecule has 1 aromatic heterocycles. The predicted molar refractivity (Wildman–Crippen MR) is 86.2 cm³/mol. The minimum absolute atomic E-state index is 0.00820. The number of carboxylic acid groups (broad SMARTS) is 1. The number of halogens is 4. The fourth-order valence-corrected chi connectivity index (χ4v) is 2.46. The number of aromatic hydroxyl groups is 1. The molecule has 0 aliphatic rings. The van der Waals surface area contributed by atoms with Crippen LogP contribution in [-0.2, 0) is 4.79 Å². The van der Waals surface area contributed by atoms with Crippen molar-refractivity contribution < 1.29 is 24.1 Å². The molecule has 10 heteroatoms. The molecule has 0 aliphatic carbocycles. The van der Waals surface area contributed by atoms with Crippen LogP contribution in [0.25, 0.3) is 0 Å². The maximum atomic E-state index is 13.8. The molecule has 0 unspecified atom stereocenters. The average molecular weight is 426 g/mol. The second kappa shape index (κ2) is 7.20. The van der Waals surface area contributed by atoms with Gasteiger partial charge in [0.2, 0.25) is 5.95 Å². The number of benzene rings is 1. The lowest BCUT2D eigenvalue weighted by molar-refractivity contribution is -0.134. The molecule has 6 nitrogen and oxygen atoms in total. The quantitative estimate of drug-likeness (QED) is 0.619. The molecule has 122 valence electrons. The number of aromatic nitrogens is 1. The van der Waals surface area contributed by atoms with Gasteiger partial charge in [0.25, 0.3) is 0 Å². The Bertz CT molecular complexity index is 776. The monoisotopic (exact) mass is 424 g/mol. The van der Waals surface area contributed by atoms with E-state index in [0.29, 0.717) is 4.47 Å². The van der Waals surface area contributed by atoms with Crippen LogP contribution in [0.4, 0.5) is 10.2 Å². The van der Waals surface area contributed by atoms with Crippen LogP contribution in [0.15, 0.2) is 22.7 Å². The third-order valence-corrected chi connectivity index (χ3v) is 3.83. The van der Waals surface area contributed by atoms with Gasteiger partial charge in [0.1, 0.15) is 28.1 Å². The highest BCUT2D eigenvalue weighted by Crippen LogP contribution is 2.43. The van der Waals surface area contributed by atoms with Crippen LogP contribution in [0.1, 0.15) is 0 Å². The molecule has 1 heterocycles. The molecule has 1 aromatic carbocycles. The number of carboxylic acids is 1. The lowest BCUT2D eigenvalue weighted by Crippen LogP contribution is -2.14. The van der Waals surface area contributed by atoms with Gasteiger partial charge in [-0.05, 0) is 34.1 Å². The van der Waals surface area contributed by atoms with Gasteiger partial charge in [0.05, 0.1) is 4.47 Å². The van der Waals surface area contributed by atoms with Gasteiger partial charge in [0, 0.05) is 0 Å². The number of nitrogens with one attached hydrogen (secondary N) is 1. The Kier molecular flexibility index (Phi) is 5.51. The van der Waals surface area contributed by atoms with E-state index in [1.54, 1.807) is 0 Å². The van der Waals surface area contributed by atoms with E-state index >= 15 is 0 Å². The molecule has 3 N–H and O–H groups in total. The molecular formula is C13H8BrCl2FN2O4. The number of nitrogens with zero attached hydrogens (tertiary/aromatic N) is 1. The van der Waals surface area contributed by atoms with E-state index in [-0.39, 0.29) is 28.1 Å². The Morgan fingerprint density at radius 1 is 1.39 bits per heavy atom. The second-order valence-corrected chi connectivity index (χ2v) is 5.78. The standard InChI is InChI=1S/C13H8BrCl2FN2O4/c14-6-3-5(20)1-2-7(6)23-11-9(15)12(17)19-13(10(11)16)18-4-8(21)22/h1-3,20H,4H2,(H,18,19)(H,21,22). The third-order valence-electron chi connectivity index (χ3n) is 2.53. The topological polar surface area (TPSA) is 91.7 Å². The van der Waals surface area contributed by atoms with Gasteiger partial charge in [-0.25, -0.2) is 0 Å². The molecule has 0 radical (unpaired) electrons. The number of hydrogen-bond acceptors (Lipinski definition) is 5. The fraction of sp³-hybridized carbons (Fsp3) is 0.0769. The summed E-state index contributed by atoms with van der Waals surface area (Å²) in [5.41, 5.74) is 0. The summed E-state index contributed by atoms with van der Waals surface area (Å²) in [7, 11) is 0. The van der Waals surface area contributed by atoms with E-state index in [2.05, 4.69) is 26.2 Å². The Morgan fingerprint density at radius 2 is 2.09 bits per heavy atom. The van der Waals surface area contributed by atoms with Crippen LogP contribution in [0.3, 0.4) is 0 Å². The SMILES string of the molecule is O=C(O)CNc1nc(F)c(Cl)c(Oc2ccc(O)cc2Br)c1Cl. The zero-order valence-corrected chi connectivity index (χ0v) is 14.2. The first-order chi connectivity index (χ1) is 10.8. The predicted octanol–water partition coefficient (Wildman–Crippen LogP) is 4.28. The molecule has 0 amide bonds. The van der Waals surface area contributed by atoms with Gasteiger partial charge in [-0.15, -0.1) is 0 Å². The highest BCUT2D eigenvalue weighted by atomic mass is 79.9. The molecule has 23 heavy (non-hydrogen) atoms. The van der Waals surface area contributed by atoms with Crippen molar-refractivity contribution in [2.24, 2.45) is 0 Å². The Labute approximate surface area is 147 Å². The summed E-state index contributed by atoms with van der Waals surface area (Å²) in [6, 6.07) is 4.12. The zero-order chi connectivity index (χ0) is 17.1. The van der Waals surface area contributed by atoms with E-state index in [4.69, 9.17) is 33.0 Å². The zero-order valence-electron chi connectivity index (χ0n) is 11.1. The van der Waals surface area contributed by atoms with Crippen molar-refractivity contribution in [1.29, 1.82) is 0 Å². The number of anilines is 1. The number of phenols is 1. The number of phenolic OH excluding ortho intramolecular Hbond substituents is 1. The van der Waals surface area contributed by atoms with Crippen molar-refractivity contribution in [3.8, 4) is 17.2 Å². The highest BCUT2D eigenvalue weighted by molar-refractivity contribution is 9.10. The second-order valence-electron chi connectivity index (χ2n) is 4.17. The van der Waals surface area contributed by atoms with Gasteiger partial charge in [-0.3, -0.25) is 4.79 Å². The van der Waals surface area contributed by atoms with Crippen molar-refractivity contribution in [1.82, 2.24) is 4.98 Å². The van der Waals surface area contributed by atoms with Crippen molar-refractivity contribution in [3.05, 3.63) is 38.7 Å². The van der Waals surface area contributed by atoms with E-state index < -0.39 is 23.5 Å². The number of pyridine rings is 1. The fourth-order valence-electron chi connectivity index (χ4n) is 1.54. The number of rotatable bonds is 5. The highest BCUT2D eigenvalue weighted by Gasteiger charge is 2.21. The first-order valence-corrected chi connectivity index (χ1v) is 7.51. The summed E-state index contributed by atoms with van der Waals surface area (Å²) in [6.07, 6.45) is 0. The largest absolute Gasteiger partial charge is 0.508 e. The van der Waals surface area contributed by atoms with Crippen LogP contribution in [0.2, 0.25) is 10.0 Å².